The molecule has 3 heteroatoms. The minimum Gasteiger partial charge on any atom is -0.362 e. The molecule has 0 unspecified atom stereocenters. The van der Waals surface area contributed by atoms with Gasteiger partial charge in [-0.15, -0.1) is 0 Å². The van der Waals surface area contributed by atoms with Gasteiger partial charge in [-0.3, -0.25) is 4.90 Å². The minimum atomic E-state index is 1.03. The maximum absolute atomic E-state index is 4.53. The molecule has 0 spiro atoms. The molecule has 2 heterocycles. The van der Waals surface area contributed by atoms with Crippen molar-refractivity contribution in [3.05, 3.63) is 47.7 Å². The molecule has 1 saturated heterocycles. The lowest BCUT2D eigenvalue weighted by Crippen LogP contribution is -2.18. The number of rotatable bonds is 4. The molecule has 0 bridgehead atoms. The summed E-state index contributed by atoms with van der Waals surface area (Å²) in [5.41, 5.74) is 5.20. The van der Waals surface area contributed by atoms with E-state index in [0.29, 0.717) is 0 Å². The first-order valence-corrected chi connectivity index (χ1v) is 8.09. The van der Waals surface area contributed by atoms with E-state index >= 15 is 0 Å². The summed E-state index contributed by atoms with van der Waals surface area (Å²) in [5, 5.41) is 0. The van der Waals surface area contributed by atoms with Crippen molar-refractivity contribution < 1.29 is 0 Å². The Labute approximate surface area is 133 Å². The van der Waals surface area contributed by atoms with Gasteiger partial charge in [0.1, 0.15) is 5.82 Å². The van der Waals surface area contributed by atoms with Gasteiger partial charge in [-0.05, 0) is 62.2 Å². The van der Waals surface area contributed by atoms with Crippen molar-refractivity contribution in [3.63, 3.8) is 0 Å². The standard InChI is InChI=1S/C19H25N3/c1-15-11-16(14-22-9-4-5-10-22)13-17(12-15)18-7-6-8-20-19(18)21(2)3/h6-8,11-13H,4-5,9-10,14H2,1-3H3. The highest BCUT2D eigenvalue weighted by Crippen LogP contribution is 2.29. The molecule has 22 heavy (non-hydrogen) atoms. The van der Waals surface area contributed by atoms with Gasteiger partial charge in [0.05, 0.1) is 0 Å². The second-order valence-electron chi connectivity index (χ2n) is 6.46. The van der Waals surface area contributed by atoms with Gasteiger partial charge in [-0.2, -0.15) is 0 Å². The molecule has 1 aromatic heterocycles. The zero-order valence-corrected chi connectivity index (χ0v) is 13.8. The average Bonchev–Trinajstić information content (AvgIpc) is 2.99. The van der Waals surface area contributed by atoms with E-state index in [9.17, 15) is 0 Å². The van der Waals surface area contributed by atoms with Crippen molar-refractivity contribution >= 4 is 5.82 Å². The van der Waals surface area contributed by atoms with Gasteiger partial charge in [-0.25, -0.2) is 4.98 Å². The number of hydrogen-bond donors (Lipinski definition) is 0. The maximum Gasteiger partial charge on any atom is 0.135 e. The molecule has 0 aliphatic carbocycles. The number of aryl methyl sites for hydroxylation is 1. The number of likely N-dealkylation sites (tertiary alicyclic amines) is 1. The highest BCUT2D eigenvalue weighted by atomic mass is 15.1. The third-order valence-corrected chi connectivity index (χ3v) is 4.26. The fourth-order valence-electron chi connectivity index (χ4n) is 3.29. The molecule has 116 valence electrons. The first-order chi connectivity index (χ1) is 10.6. The van der Waals surface area contributed by atoms with E-state index in [1.54, 1.807) is 0 Å². The van der Waals surface area contributed by atoms with Crippen molar-refractivity contribution in [2.24, 2.45) is 0 Å². The average molecular weight is 295 g/mol. The molecule has 0 saturated carbocycles. The van der Waals surface area contributed by atoms with Gasteiger partial charge in [0.2, 0.25) is 0 Å². The monoisotopic (exact) mass is 295 g/mol. The molecular weight excluding hydrogens is 270 g/mol. The number of pyridine rings is 1. The number of benzene rings is 1. The second kappa shape index (κ2) is 6.49. The second-order valence-corrected chi connectivity index (χ2v) is 6.46. The molecule has 3 rings (SSSR count). The fraction of sp³-hybridized carbons (Fsp3) is 0.421. The van der Waals surface area contributed by atoms with Crippen molar-refractivity contribution in [1.29, 1.82) is 0 Å². The van der Waals surface area contributed by atoms with Gasteiger partial charge in [0.15, 0.2) is 0 Å². The van der Waals surface area contributed by atoms with Crippen molar-refractivity contribution in [2.45, 2.75) is 26.3 Å². The van der Waals surface area contributed by atoms with Crippen LogP contribution in [0.5, 0.6) is 0 Å². The van der Waals surface area contributed by atoms with Crippen LogP contribution in [0.15, 0.2) is 36.5 Å². The Morgan fingerprint density at radius 2 is 1.91 bits per heavy atom. The van der Waals surface area contributed by atoms with Gasteiger partial charge in [0, 0.05) is 32.4 Å². The first kappa shape index (κ1) is 15.0. The van der Waals surface area contributed by atoms with Gasteiger partial charge >= 0.3 is 0 Å². The molecule has 0 atom stereocenters. The first-order valence-electron chi connectivity index (χ1n) is 8.09. The summed E-state index contributed by atoms with van der Waals surface area (Å²) in [6.07, 6.45) is 4.54. The third kappa shape index (κ3) is 3.30. The Balaban J connectivity index is 1.95. The Bertz CT molecular complexity index is 643. The van der Waals surface area contributed by atoms with Crippen LogP contribution in [0.3, 0.4) is 0 Å². The summed E-state index contributed by atoms with van der Waals surface area (Å²) < 4.78 is 0. The summed E-state index contributed by atoms with van der Waals surface area (Å²) in [6.45, 7) is 5.72. The van der Waals surface area contributed by atoms with E-state index in [-0.39, 0.29) is 0 Å². The lowest BCUT2D eigenvalue weighted by Gasteiger charge is -2.19. The maximum atomic E-state index is 4.53. The zero-order valence-electron chi connectivity index (χ0n) is 13.8. The van der Waals surface area contributed by atoms with Crippen LogP contribution < -0.4 is 4.90 Å². The summed E-state index contributed by atoms with van der Waals surface area (Å²) >= 11 is 0. The molecule has 2 aromatic rings. The quantitative estimate of drug-likeness (QED) is 0.857. The van der Waals surface area contributed by atoms with E-state index in [1.165, 1.54) is 48.2 Å². The van der Waals surface area contributed by atoms with Crippen LogP contribution >= 0.6 is 0 Å². The van der Waals surface area contributed by atoms with Crippen molar-refractivity contribution in [2.75, 3.05) is 32.1 Å². The van der Waals surface area contributed by atoms with Crippen molar-refractivity contribution in [3.8, 4) is 11.1 Å². The fourth-order valence-corrected chi connectivity index (χ4v) is 3.29. The third-order valence-electron chi connectivity index (χ3n) is 4.26. The van der Waals surface area contributed by atoms with Gasteiger partial charge in [0.25, 0.3) is 0 Å². The summed E-state index contributed by atoms with van der Waals surface area (Å²) in [4.78, 5) is 9.16. The predicted molar refractivity (Wildman–Crippen MR) is 93.2 cm³/mol. The highest BCUT2D eigenvalue weighted by molar-refractivity contribution is 5.76. The topological polar surface area (TPSA) is 19.4 Å². The van der Waals surface area contributed by atoms with Gasteiger partial charge < -0.3 is 4.90 Å². The van der Waals surface area contributed by atoms with Crippen LogP contribution in [0.4, 0.5) is 5.82 Å². The number of nitrogens with zero attached hydrogens (tertiary/aromatic N) is 3. The Hall–Kier alpha value is -1.87. The summed E-state index contributed by atoms with van der Waals surface area (Å²) in [6, 6.07) is 11.1. The lowest BCUT2D eigenvalue weighted by molar-refractivity contribution is 0.331. The molecule has 0 amide bonds. The minimum absolute atomic E-state index is 1.03. The highest BCUT2D eigenvalue weighted by Gasteiger charge is 2.14. The van der Waals surface area contributed by atoms with Crippen LogP contribution in [0.2, 0.25) is 0 Å². The van der Waals surface area contributed by atoms with Gasteiger partial charge in [-0.1, -0.05) is 17.7 Å². The molecule has 0 N–H and O–H groups in total. The SMILES string of the molecule is Cc1cc(CN2CCCC2)cc(-c2cccnc2N(C)C)c1. The van der Waals surface area contributed by atoms with E-state index in [2.05, 4.69) is 46.0 Å². The van der Waals surface area contributed by atoms with Crippen molar-refractivity contribution in [1.82, 2.24) is 9.88 Å². The predicted octanol–water partition coefficient (Wildman–Crippen LogP) is 3.72. The summed E-state index contributed by atoms with van der Waals surface area (Å²) in [5.74, 6) is 1.03. The molecule has 1 aliphatic rings. The molecular formula is C19H25N3. The molecule has 0 radical (unpaired) electrons. The molecule has 3 nitrogen and oxygen atoms in total. The van der Waals surface area contributed by atoms with Crippen LogP contribution in [0.1, 0.15) is 24.0 Å². The normalized spacial score (nSPS) is 15.2. The zero-order chi connectivity index (χ0) is 15.5. The smallest absolute Gasteiger partial charge is 0.135 e. The molecule has 1 aliphatic heterocycles. The number of aromatic nitrogens is 1. The number of anilines is 1. The Morgan fingerprint density at radius 1 is 1.14 bits per heavy atom. The van der Waals surface area contributed by atoms with Crippen LogP contribution in [0.25, 0.3) is 11.1 Å². The Morgan fingerprint density at radius 3 is 2.64 bits per heavy atom. The summed E-state index contributed by atoms with van der Waals surface area (Å²) in [7, 11) is 4.10. The van der Waals surface area contributed by atoms with E-state index in [4.69, 9.17) is 0 Å². The number of hydrogen-bond acceptors (Lipinski definition) is 3. The van der Waals surface area contributed by atoms with E-state index < -0.39 is 0 Å². The van der Waals surface area contributed by atoms with Crippen LogP contribution in [-0.2, 0) is 6.54 Å². The molecule has 1 fully saturated rings. The molecule has 1 aromatic carbocycles. The lowest BCUT2D eigenvalue weighted by atomic mass is 10.00. The van der Waals surface area contributed by atoms with E-state index in [0.717, 1.165) is 12.4 Å². The Kier molecular flexibility index (Phi) is 4.44. The van der Waals surface area contributed by atoms with E-state index in [1.807, 2.05) is 26.4 Å². The van der Waals surface area contributed by atoms with Crippen LogP contribution in [0, 0.1) is 6.92 Å². The largest absolute Gasteiger partial charge is 0.362 e. The van der Waals surface area contributed by atoms with Crippen LogP contribution in [-0.4, -0.2) is 37.1 Å².